The molecule has 6 nitrogen and oxygen atoms in total. The van der Waals surface area contributed by atoms with E-state index in [1.807, 2.05) is 30.3 Å². The van der Waals surface area contributed by atoms with Crippen molar-refractivity contribution in [2.24, 2.45) is 5.92 Å². The fourth-order valence-corrected chi connectivity index (χ4v) is 5.69. The van der Waals surface area contributed by atoms with E-state index < -0.39 is 15.7 Å². The molecule has 1 fully saturated rings. The van der Waals surface area contributed by atoms with E-state index in [1.54, 1.807) is 30.5 Å². The number of sulfone groups is 1. The minimum atomic E-state index is -2.87. The molecule has 0 aliphatic carbocycles. The van der Waals surface area contributed by atoms with Gasteiger partial charge in [0.1, 0.15) is 21.4 Å². The Morgan fingerprint density at radius 2 is 1.83 bits per heavy atom. The van der Waals surface area contributed by atoms with Crippen LogP contribution in [0.2, 0.25) is 0 Å². The highest BCUT2D eigenvalue weighted by atomic mass is 32.2. The third kappa shape index (κ3) is 7.36. The SMILES string of the molecule is O=C(Cc1ccc(-c2ccc(OCCC3CCS(=O)(=O)CC3)cc2F)cn1)NCc1ccccc1. The van der Waals surface area contributed by atoms with Crippen LogP contribution in [0.4, 0.5) is 4.39 Å². The van der Waals surface area contributed by atoms with Gasteiger partial charge in [0.25, 0.3) is 0 Å². The van der Waals surface area contributed by atoms with Gasteiger partial charge in [-0.05, 0) is 48.9 Å². The molecule has 1 aliphatic rings. The number of halogens is 1. The Balaban J connectivity index is 1.26. The first kappa shape index (κ1) is 24.9. The normalized spacial score (nSPS) is 15.5. The third-order valence-electron chi connectivity index (χ3n) is 6.22. The molecule has 1 N–H and O–H groups in total. The lowest BCUT2D eigenvalue weighted by molar-refractivity contribution is -0.120. The molecule has 1 amide bonds. The first-order valence-electron chi connectivity index (χ1n) is 11.8. The van der Waals surface area contributed by atoms with Gasteiger partial charge in [0.2, 0.25) is 5.91 Å². The number of hydrogen-bond donors (Lipinski definition) is 1. The van der Waals surface area contributed by atoms with E-state index in [2.05, 4.69) is 10.3 Å². The van der Waals surface area contributed by atoms with Gasteiger partial charge in [-0.2, -0.15) is 0 Å². The summed E-state index contributed by atoms with van der Waals surface area (Å²) in [5.74, 6) is 0.707. The van der Waals surface area contributed by atoms with Crippen molar-refractivity contribution in [2.45, 2.75) is 32.2 Å². The second-order valence-corrected chi connectivity index (χ2v) is 11.2. The monoisotopic (exact) mass is 496 g/mol. The van der Waals surface area contributed by atoms with Gasteiger partial charge in [0.05, 0.1) is 24.5 Å². The molecule has 0 saturated carbocycles. The zero-order chi connectivity index (χ0) is 24.7. The first-order chi connectivity index (χ1) is 16.9. The van der Waals surface area contributed by atoms with E-state index in [0.717, 1.165) is 12.0 Å². The van der Waals surface area contributed by atoms with Gasteiger partial charge < -0.3 is 10.1 Å². The molecular weight excluding hydrogens is 467 g/mol. The number of hydrogen-bond acceptors (Lipinski definition) is 5. The van der Waals surface area contributed by atoms with Crippen LogP contribution in [0, 0.1) is 11.7 Å². The number of ether oxygens (including phenoxy) is 1. The van der Waals surface area contributed by atoms with E-state index in [-0.39, 0.29) is 23.8 Å². The van der Waals surface area contributed by atoms with Crippen molar-refractivity contribution < 1.29 is 22.3 Å². The lowest BCUT2D eigenvalue weighted by Gasteiger charge is -2.21. The lowest BCUT2D eigenvalue weighted by Crippen LogP contribution is -2.24. The maximum Gasteiger partial charge on any atom is 0.226 e. The van der Waals surface area contributed by atoms with Crippen LogP contribution in [0.1, 0.15) is 30.5 Å². The van der Waals surface area contributed by atoms with E-state index >= 15 is 0 Å². The molecule has 0 unspecified atom stereocenters. The second kappa shape index (κ2) is 11.4. The Morgan fingerprint density at radius 1 is 1.06 bits per heavy atom. The van der Waals surface area contributed by atoms with Crippen LogP contribution in [-0.4, -0.2) is 37.4 Å². The Labute approximate surface area is 205 Å². The summed E-state index contributed by atoms with van der Waals surface area (Å²) in [4.78, 5) is 16.5. The summed E-state index contributed by atoms with van der Waals surface area (Å²) in [6.45, 7) is 0.881. The Bertz CT molecular complexity index is 1230. The molecule has 1 saturated heterocycles. The average Bonchev–Trinajstić information content (AvgIpc) is 2.85. The van der Waals surface area contributed by atoms with Crippen LogP contribution >= 0.6 is 0 Å². The number of rotatable bonds is 9. The van der Waals surface area contributed by atoms with Gasteiger partial charge >= 0.3 is 0 Å². The number of carbonyl (C=O) groups is 1. The standard InChI is InChI=1S/C27H29FN2O4S/c28-26-17-24(34-13-10-20-11-14-35(32,33)15-12-20)8-9-25(26)22-6-7-23(29-19-22)16-27(31)30-18-21-4-2-1-3-5-21/h1-9,17,19-20H,10-16,18H2,(H,30,31). The lowest BCUT2D eigenvalue weighted by atomic mass is 9.99. The van der Waals surface area contributed by atoms with Gasteiger partial charge in [0.15, 0.2) is 0 Å². The zero-order valence-electron chi connectivity index (χ0n) is 19.5. The maximum atomic E-state index is 14.7. The molecule has 4 rings (SSSR count). The van der Waals surface area contributed by atoms with Crippen molar-refractivity contribution in [1.82, 2.24) is 10.3 Å². The van der Waals surface area contributed by atoms with Gasteiger partial charge in [0, 0.05) is 35.6 Å². The molecule has 1 aromatic heterocycles. The third-order valence-corrected chi connectivity index (χ3v) is 7.93. The quantitative estimate of drug-likeness (QED) is 0.476. The molecule has 8 heteroatoms. The molecule has 2 aromatic carbocycles. The summed E-state index contributed by atoms with van der Waals surface area (Å²) >= 11 is 0. The number of carbonyl (C=O) groups excluding carboxylic acids is 1. The van der Waals surface area contributed by atoms with Crippen LogP contribution in [0.3, 0.4) is 0 Å². The minimum Gasteiger partial charge on any atom is -0.493 e. The largest absolute Gasteiger partial charge is 0.493 e. The fraction of sp³-hybridized carbons (Fsp3) is 0.333. The van der Waals surface area contributed by atoms with Crippen molar-refractivity contribution >= 4 is 15.7 Å². The van der Waals surface area contributed by atoms with E-state index in [4.69, 9.17) is 4.74 Å². The summed E-state index contributed by atoms with van der Waals surface area (Å²) in [7, 11) is -2.87. The Kier molecular flexibility index (Phi) is 8.13. The number of amides is 1. The second-order valence-electron chi connectivity index (χ2n) is 8.85. The molecule has 0 atom stereocenters. The van der Waals surface area contributed by atoms with Crippen molar-refractivity contribution in [3.05, 3.63) is 83.9 Å². The molecule has 2 heterocycles. The molecule has 35 heavy (non-hydrogen) atoms. The van der Waals surface area contributed by atoms with Crippen LogP contribution in [-0.2, 0) is 27.6 Å². The van der Waals surface area contributed by atoms with E-state index in [1.165, 1.54) is 6.07 Å². The summed E-state index contributed by atoms with van der Waals surface area (Å²) < 4.78 is 43.5. The first-order valence-corrected chi connectivity index (χ1v) is 13.6. The number of aromatic nitrogens is 1. The fourth-order valence-electron chi connectivity index (χ4n) is 4.10. The highest BCUT2D eigenvalue weighted by Gasteiger charge is 2.23. The van der Waals surface area contributed by atoms with Crippen LogP contribution in [0.25, 0.3) is 11.1 Å². The van der Waals surface area contributed by atoms with Crippen molar-refractivity contribution in [3.63, 3.8) is 0 Å². The maximum absolute atomic E-state index is 14.7. The van der Waals surface area contributed by atoms with Gasteiger partial charge in [-0.3, -0.25) is 9.78 Å². The average molecular weight is 497 g/mol. The van der Waals surface area contributed by atoms with Crippen molar-refractivity contribution in [1.29, 1.82) is 0 Å². The summed E-state index contributed by atoms with van der Waals surface area (Å²) in [6, 6.07) is 17.9. The zero-order valence-corrected chi connectivity index (χ0v) is 20.3. The van der Waals surface area contributed by atoms with Gasteiger partial charge in [-0.1, -0.05) is 36.4 Å². The Hall–Kier alpha value is -3.26. The molecule has 0 radical (unpaired) electrons. The molecule has 0 bridgehead atoms. The van der Waals surface area contributed by atoms with Crippen molar-refractivity contribution in [3.8, 4) is 16.9 Å². The predicted octanol–water partition coefficient (Wildman–Crippen LogP) is 4.34. The van der Waals surface area contributed by atoms with Crippen LogP contribution in [0.5, 0.6) is 5.75 Å². The predicted molar refractivity (Wildman–Crippen MR) is 133 cm³/mol. The smallest absolute Gasteiger partial charge is 0.226 e. The molecule has 1 aliphatic heterocycles. The number of pyridine rings is 1. The molecule has 184 valence electrons. The molecular formula is C27H29FN2O4S. The van der Waals surface area contributed by atoms with Gasteiger partial charge in [-0.25, -0.2) is 12.8 Å². The number of nitrogens with one attached hydrogen (secondary N) is 1. The van der Waals surface area contributed by atoms with Crippen molar-refractivity contribution in [2.75, 3.05) is 18.1 Å². The van der Waals surface area contributed by atoms with E-state index in [0.29, 0.717) is 54.5 Å². The topological polar surface area (TPSA) is 85.4 Å². The summed E-state index contributed by atoms with van der Waals surface area (Å²) in [5.41, 5.74) is 2.65. The van der Waals surface area contributed by atoms with Crippen LogP contribution in [0.15, 0.2) is 66.9 Å². The van der Waals surface area contributed by atoms with E-state index in [9.17, 15) is 17.6 Å². The molecule has 0 spiro atoms. The van der Waals surface area contributed by atoms with Gasteiger partial charge in [-0.15, -0.1) is 0 Å². The Morgan fingerprint density at radius 3 is 2.51 bits per heavy atom. The number of benzene rings is 2. The highest BCUT2D eigenvalue weighted by molar-refractivity contribution is 7.91. The van der Waals surface area contributed by atoms with Crippen LogP contribution < -0.4 is 10.1 Å². The minimum absolute atomic E-state index is 0.128. The summed E-state index contributed by atoms with van der Waals surface area (Å²) in [5, 5.41) is 2.87. The molecule has 3 aromatic rings. The number of nitrogens with zero attached hydrogens (tertiary/aromatic N) is 1. The highest BCUT2D eigenvalue weighted by Crippen LogP contribution is 2.27. The summed E-state index contributed by atoms with van der Waals surface area (Å²) in [6.07, 6.45) is 3.79.